The van der Waals surface area contributed by atoms with Crippen LogP contribution in [-0.4, -0.2) is 41.1 Å². The van der Waals surface area contributed by atoms with Crippen LogP contribution in [0, 0.1) is 0 Å². The SMILES string of the molecule is COCOc1ccc(-c2nnn(C)c2NC(=O)OC2CCCC2)cc1. The summed E-state index contributed by atoms with van der Waals surface area (Å²) in [7, 11) is 3.29. The van der Waals surface area contributed by atoms with Gasteiger partial charge in [0.25, 0.3) is 0 Å². The Morgan fingerprint density at radius 2 is 2.00 bits per heavy atom. The first-order valence-electron chi connectivity index (χ1n) is 8.27. The van der Waals surface area contributed by atoms with Crippen molar-refractivity contribution in [3.05, 3.63) is 24.3 Å². The average Bonchev–Trinajstić information content (AvgIpc) is 3.24. The summed E-state index contributed by atoms with van der Waals surface area (Å²) in [6.07, 6.45) is 3.59. The Morgan fingerprint density at radius 1 is 1.28 bits per heavy atom. The van der Waals surface area contributed by atoms with Crippen molar-refractivity contribution in [3.63, 3.8) is 0 Å². The maximum Gasteiger partial charge on any atom is 0.413 e. The summed E-state index contributed by atoms with van der Waals surface area (Å²) in [6, 6.07) is 7.32. The van der Waals surface area contributed by atoms with Crippen molar-refractivity contribution in [1.29, 1.82) is 0 Å². The quantitative estimate of drug-likeness (QED) is 0.809. The second-order valence-corrected chi connectivity index (χ2v) is 5.92. The highest BCUT2D eigenvalue weighted by Crippen LogP contribution is 2.27. The first-order chi connectivity index (χ1) is 12.2. The van der Waals surface area contributed by atoms with Crippen LogP contribution >= 0.6 is 0 Å². The molecule has 1 heterocycles. The number of nitrogens with one attached hydrogen (secondary N) is 1. The van der Waals surface area contributed by atoms with Crippen LogP contribution in [0.5, 0.6) is 5.75 Å². The van der Waals surface area contributed by atoms with E-state index in [1.54, 1.807) is 14.2 Å². The number of hydrogen-bond acceptors (Lipinski definition) is 6. The van der Waals surface area contributed by atoms with Crippen molar-refractivity contribution in [2.45, 2.75) is 31.8 Å². The standard InChI is InChI=1S/C17H22N4O4/c1-21-16(18-17(22)25-14-5-3-4-6-14)15(19-20-21)12-7-9-13(10-8-12)24-11-23-2/h7-10,14H,3-6,11H2,1-2H3,(H,18,22). The Labute approximate surface area is 146 Å². The zero-order chi connectivity index (χ0) is 17.6. The molecular formula is C17H22N4O4. The van der Waals surface area contributed by atoms with E-state index < -0.39 is 6.09 Å². The zero-order valence-corrected chi connectivity index (χ0v) is 14.4. The summed E-state index contributed by atoms with van der Waals surface area (Å²) in [5, 5.41) is 10.9. The normalized spacial score (nSPS) is 14.5. The molecule has 25 heavy (non-hydrogen) atoms. The minimum Gasteiger partial charge on any atom is -0.468 e. The molecule has 0 atom stereocenters. The smallest absolute Gasteiger partial charge is 0.413 e. The van der Waals surface area contributed by atoms with Gasteiger partial charge in [0.1, 0.15) is 17.5 Å². The number of benzene rings is 1. The number of rotatable bonds is 6. The van der Waals surface area contributed by atoms with Crippen LogP contribution in [0.2, 0.25) is 0 Å². The van der Waals surface area contributed by atoms with Gasteiger partial charge < -0.3 is 14.2 Å². The molecule has 1 aromatic heterocycles. The molecule has 1 aliphatic rings. The molecule has 0 unspecified atom stereocenters. The highest BCUT2D eigenvalue weighted by molar-refractivity contribution is 5.88. The lowest BCUT2D eigenvalue weighted by Crippen LogP contribution is -2.21. The average molecular weight is 346 g/mol. The van der Waals surface area contributed by atoms with Crippen molar-refractivity contribution in [3.8, 4) is 17.0 Å². The summed E-state index contributed by atoms with van der Waals surface area (Å²) in [5.41, 5.74) is 1.39. The summed E-state index contributed by atoms with van der Waals surface area (Å²) < 4.78 is 17.2. The second kappa shape index (κ2) is 7.98. The molecule has 2 aromatic rings. The number of carbonyl (C=O) groups is 1. The van der Waals surface area contributed by atoms with E-state index in [-0.39, 0.29) is 12.9 Å². The fraction of sp³-hybridized carbons (Fsp3) is 0.471. The van der Waals surface area contributed by atoms with Gasteiger partial charge in [-0.15, -0.1) is 5.10 Å². The number of ether oxygens (including phenoxy) is 3. The molecule has 1 amide bonds. The van der Waals surface area contributed by atoms with Gasteiger partial charge in [-0.25, -0.2) is 9.48 Å². The Balaban J connectivity index is 1.71. The molecule has 0 saturated heterocycles. The van der Waals surface area contributed by atoms with Crippen molar-refractivity contribution < 1.29 is 19.0 Å². The molecule has 0 radical (unpaired) electrons. The topological polar surface area (TPSA) is 87.5 Å². The highest BCUT2D eigenvalue weighted by Gasteiger charge is 2.21. The van der Waals surface area contributed by atoms with Crippen LogP contribution in [0.15, 0.2) is 24.3 Å². The fourth-order valence-electron chi connectivity index (χ4n) is 2.81. The van der Waals surface area contributed by atoms with E-state index >= 15 is 0 Å². The summed E-state index contributed by atoms with van der Waals surface area (Å²) >= 11 is 0. The third-order valence-corrected chi connectivity index (χ3v) is 4.09. The molecule has 1 saturated carbocycles. The van der Waals surface area contributed by atoms with E-state index in [1.165, 1.54) is 4.68 Å². The molecule has 1 fully saturated rings. The molecule has 0 aliphatic heterocycles. The second-order valence-electron chi connectivity index (χ2n) is 5.92. The molecule has 8 heteroatoms. The summed E-state index contributed by atoms with van der Waals surface area (Å²) in [6.45, 7) is 0.185. The number of hydrogen-bond donors (Lipinski definition) is 1. The fourth-order valence-corrected chi connectivity index (χ4v) is 2.81. The lowest BCUT2D eigenvalue weighted by molar-refractivity contribution is 0.0511. The molecular weight excluding hydrogens is 324 g/mol. The van der Waals surface area contributed by atoms with Gasteiger partial charge in [-0.2, -0.15) is 0 Å². The van der Waals surface area contributed by atoms with Gasteiger partial charge in [0.05, 0.1) is 0 Å². The molecule has 1 N–H and O–H groups in total. The molecule has 1 aliphatic carbocycles. The third kappa shape index (κ3) is 4.27. The lowest BCUT2D eigenvalue weighted by Gasteiger charge is -2.13. The lowest BCUT2D eigenvalue weighted by atomic mass is 10.1. The monoisotopic (exact) mass is 346 g/mol. The van der Waals surface area contributed by atoms with Crippen molar-refractivity contribution in [1.82, 2.24) is 15.0 Å². The number of methoxy groups -OCH3 is 1. The molecule has 0 spiro atoms. The number of carbonyl (C=O) groups excluding carboxylic acids is 1. The van der Waals surface area contributed by atoms with Crippen molar-refractivity contribution in [2.75, 3.05) is 19.2 Å². The van der Waals surface area contributed by atoms with E-state index in [0.29, 0.717) is 17.3 Å². The van der Waals surface area contributed by atoms with E-state index in [1.807, 2.05) is 24.3 Å². The van der Waals surface area contributed by atoms with Crippen LogP contribution < -0.4 is 10.1 Å². The van der Waals surface area contributed by atoms with E-state index in [0.717, 1.165) is 31.2 Å². The maximum absolute atomic E-state index is 12.1. The Hall–Kier alpha value is -2.61. The Kier molecular flexibility index (Phi) is 5.49. The van der Waals surface area contributed by atoms with Crippen molar-refractivity contribution in [2.24, 2.45) is 7.05 Å². The predicted molar refractivity (Wildman–Crippen MR) is 91.3 cm³/mol. The van der Waals surface area contributed by atoms with E-state index in [4.69, 9.17) is 14.2 Å². The number of aromatic nitrogens is 3. The molecule has 3 rings (SSSR count). The summed E-state index contributed by atoms with van der Waals surface area (Å²) in [5.74, 6) is 1.18. The predicted octanol–water partition coefficient (Wildman–Crippen LogP) is 2.96. The number of aryl methyl sites for hydroxylation is 1. The molecule has 8 nitrogen and oxygen atoms in total. The van der Waals surface area contributed by atoms with Gasteiger partial charge in [0, 0.05) is 19.7 Å². The minimum absolute atomic E-state index is 0.00172. The van der Waals surface area contributed by atoms with Gasteiger partial charge in [0.15, 0.2) is 12.6 Å². The first kappa shape index (κ1) is 17.2. The summed E-state index contributed by atoms with van der Waals surface area (Å²) in [4.78, 5) is 12.1. The van der Waals surface area contributed by atoms with Crippen LogP contribution in [0.1, 0.15) is 25.7 Å². The van der Waals surface area contributed by atoms with E-state index in [2.05, 4.69) is 15.6 Å². The molecule has 1 aromatic carbocycles. The van der Waals surface area contributed by atoms with Gasteiger partial charge >= 0.3 is 6.09 Å². The first-order valence-corrected chi connectivity index (χ1v) is 8.27. The van der Waals surface area contributed by atoms with E-state index in [9.17, 15) is 4.79 Å². The van der Waals surface area contributed by atoms with Crippen LogP contribution in [0.25, 0.3) is 11.3 Å². The third-order valence-electron chi connectivity index (χ3n) is 4.09. The number of nitrogens with zero attached hydrogens (tertiary/aromatic N) is 3. The molecule has 0 bridgehead atoms. The zero-order valence-electron chi connectivity index (χ0n) is 14.4. The molecule has 134 valence electrons. The number of amides is 1. The highest BCUT2D eigenvalue weighted by atomic mass is 16.7. The van der Waals surface area contributed by atoms with Crippen LogP contribution in [0.3, 0.4) is 0 Å². The van der Waals surface area contributed by atoms with Gasteiger partial charge in [-0.1, -0.05) is 5.21 Å². The van der Waals surface area contributed by atoms with Crippen molar-refractivity contribution >= 4 is 11.9 Å². The van der Waals surface area contributed by atoms with Crippen LogP contribution in [-0.2, 0) is 16.5 Å². The van der Waals surface area contributed by atoms with Gasteiger partial charge in [-0.05, 0) is 49.9 Å². The largest absolute Gasteiger partial charge is 0.468 e. The Morgan fingerprint density at radius 3 is 2.68 bits per heavy atom. The van der Waals surface area contributed by atoms with Gasteiger partial charge in [-0.3, -0.25) is 5.32 Å². The Bertz CT molecular complexity index is 708. The maximum atomic E-state index is 12.1. The number of anilines is 1. The van der Waals surface area contributed by atoms with Gasteiger partial charge in [0.2, 0.25) is 0 Å². The minimum atomic E-state index is -0.474. The van der Waals surface area contributed by atoms with Crippen LogP contribution in [0.4, 0.5) is 10.6 Å².